The number of para-hydroxylation sites is 1. The number of hydrogen-bond donors (Lipinski definition) is 1. The molecule has 0 atom stereocenters. The van der Waals surface area contributed by atoms with Crippen LogP contribution in [0, 0.1) is 0 Å². The van der Waals surface area contributed by atoms with Crippen LogP contribution in [-0.2, 0) is 0 Å². The molecule has 0 aliphatic rings. The molecule has 0 aliphatic carbocycles. The molecule has 0 saturated heterocycles. The first-order chi connectivity index (χ1) is 11.6. The number of nitrogens with zero attached hydrogens (tertiary/aromatic N) is 3. The van der Waals surface area contributed by atoms with Crippen molar-refractivity contribution in [3.63, 3.8) is 0 Å². The Morgan fingerprint density at radius 3 is 2.46 bits per heavy atom. The summed E-state index contributed by atoms with van der Waals surface area (Å²) in [4.78, 5) is 20.8. The van der Waals surface area contributed by atoms with E-state index in [1.54, 1.807) is 6.20 Å². The summed E-state index contributed by atoms with van der Waals surface area (Å²) >= 11 is 0. The quantitative estimate of drug-likeness (QED) is 0.758. The van der Waals surface area contributed by atoms with Gasteiger partial charge in [-0.05, 0) is 58.3 Å². The molecule has 24 heavy (non-hydrogen) atoms. The largest absolute Gasteiger partial charge is 0.352 e. The van der Waals surface area contributed by atoms with Gasteiger partial charge < -0.3 is 15.1 Å². The Kier molecular flexibility index (Phi) is 6.75. The first-order valence-electron chi connectivity index (χ1n) is 8.33. The molecule has 0 aliphatic heterocycles. The van der Waals surface area contributed by atoms with Crippen molar-refractivity contribution in [1.29, 1.82) is 0 Å². The molecule has 2 aromatic rings. The molecule has 1 amide bonds. The minimum absolute atomic E-state index is 0.0736. The summed E-state index contributed by atoms with van der Waals surface area (Å²) in [6.45, 7) is 4.52. The minimum atomic E-state index is -0.0736. The van der Waals surface area contributed by atoms with E-state index in [2.05, 4.69) is 39.2 Å². The Balaban J connectivity index is 1.98. The molecule has 1 N–H and O–H groups in total. The predicted octanol–water partition coefficient (Wildman–Crippen LogP) is 2.92. The zero-order chi connectivity index (χ0) is 17.4. The lowest BCUT2D eigenvalue weighted by atomic mass is 10.2. The lowest BCUT2D eigenvalue weighted by molar-refractivity contribution is 0.0952. The molecule has 1 aromatic heterocycles. The first kappa shape index (κ1) is 17.9. The summed E-state index contributed by atoms with van der Waals surface area (Å²) in [6.07, 6.45) is 2.57. The third-order valence-electron chi connectivity index (χ3n) is 3.74. The zero-order valence-corrected chi connectivity index (χ0v) is 14.7. The van der Waals surface area contributed by atoms with Crippen LogP contribution in [0.4, 0.5) is 11.5 Å². The van der Waals surface area contributed by atoms with Gasteiger partial charge >= 0.3 is 0 Å². The van der Waals surface area contributed by atoms with Crippen molar-refractivity contribution in [3.8, 4) is 0 Å². The van der Waals surface area contributed by atoms with Crippen molar-refractivity contribution < 1.29 is 4.79 Å². The van der Waals surface area contributed by atoms with Crippen molar-refractivity contribution in [2.75, 3.05) is 38.6 Å². The van der Waals surface area contributed by atoms with Gasteiger partial charge in [-0.25, -0.2) is 4.98 Å². The number of aromatic nitrogens is 1. The van der Waals surface area contributed by atoms with Crippen molar-refractivity contribution in [3.05, 3.63) is 54.2 Å². The normalized spacial score (nSPS) is 10.7. The van der Waals surface area contributed by atoms with E-state index in [1.165, 1.54) is 0 Å². The highest BCUT2D eigenvalue weighted by Crippen LogP contribution is 2.22. The number of amides is 1. The fourth-order valence-corrected chi connectivity index (χ4v) is 2.46. The third kappa shape index (κ3) is 5.06. The minimum Gasteiger partial charge on any atom is -0.352 e. The van der Waals surface area contributed by atoms with Crippen LogP contribution in [0.1, 0.15) is 23.7 Å². The molecule has 1 aromatic carbocycles. The number of pyridine rings is 1. The predicted molar refractivity (Wildman–Crippen MR) is 98.9 cm³/mol. The number of nitrogens with one attached hydrogen (secondary N) is 1. The maximum atomic E-state index is 12.1. The molecular weight excluding hydrogens is 300 g/mol. The van der Waals surface area contributed by atoms with Crippen LogP contribution in [0.3, 0.4) is 0 Å². The summed E-state index contributed by atoms with van der Waals surface area (Å²) in [5.74, 6) is 0.767. The van der Waals surface area contributed by atoms with Gasteiger partial charge in [0.15, 0.2) is 0 Å². The lowest BCUT2D eigenvalue weighted by Gasteiger charge is -2.22. The SMILES string of the molecule is CCN(c1ccccc1)c1ccc(C(=O)NCCCN(C)C)cn1. The number of benzene rings is 1. The summed E-state index contributed by atoms with van der Waals surface area (Å²) in [6, 6.07) is 13.8. The number of carbonyl (C=O) groups is 1. The highest BCUT2D eigenvalue weighted by molar-refractivity contribution is 5.94. The summed E-state index contributed by atoms with van der Waals surface area (Å²) in [5, 5.41) is 2.93. The average Bonchev–Trinajstić information content (AvgIpc) is 2.60. The van der Waals surface area contributed by atoms with E-state index in [1.807, 2.05) is 44.4 Å². The van der Waals surface area contributed by atoms with Crippen molar-refractivity contribution in [2.45, 2.75) is 13.3 Å². The molecule has 2 rings (SSSR count). The van der Waals surface area contributed by atoms with Gasteiger partial charge in [-0.1, -0.05) is 18.2 Å². The smallest absolute Gasteiger partial charge is 0.252 e. The Morgan fingerprint density at radius 1 is 1.12 bits per heavy atom. The highest BCUT2D eigenvalue weighted by Gasteiger charge is 2.10. The Hall–Kier alpha value is -2.40. The van der Waals surface area contributed by atoms with E-state index in [-0.39, 0.29) is 5.91 Å². The monoisotopic (exact) mass is 326 g/mol. The van der Waals surface area contributed by atoms with E-state index in [0.717, 1.165) is 31.0 Å². The van der Waals surface area contributed by atoms with Gasteiger partial charge in [0.05, 0.1) is 5.56 Å². The van der Waals surface area contributed by atoms with Crippen molar-refractivity contribution >= 4 is 17.4 Å². The zero-order valence-electron chi connectivity index (χ0n) is 14.7. The Labute approximate surface area is 144 Å². The average molecular weight is 326 g/mol. The molecule has 5 nitrogen and oxygen atoms in total. The Morgan fingerprint density at radius 2 is 1.88 bits per heavy atom. The second-order valence-electron chi connectivity index (χ2n) is 5.90. The van der Waals surface area contributed by atoms with Crippen LogP contribution in [0.25, 0.3) is 0 Å². The molecular formula is C19H26N4O. The molecule has 0 unspecified atom stereocenters. The first-order valence-corrected chi connectivity index (χ1v) is 8.33. The third-order valence-corrected chi connectivity index (χ3v) is 3.74. The number of anilines is 2. The van der Waals surface area contributed by atoms with Crippen molar-refractivity contribution in [1.82, 2.24) is 15.2 Å². The summed E-state index contributed by atoms with van der Waals surface area (Å²) < 4.78 is 0. The fraction of sp³-hybridized carbons (Fsp3) is 0.368. The molecule has 0 spiro atoms. The van der Waals surface area contributed by atoms with E-state index < -0.39 is 0 Å². The maximum Gasteiger partial charge on any atom is 0.252 e. The second kappa shape index (κ2) is 9.03. The molecule has 1 heterocycles. The topological polar surface area (TPSA) is 48.5 Å². The molecule has 5 heteroatoms. The van der Waals surface area contributed by atoms with Gasteiger partial charge in [0, 0.05) is 25.0 Å². The number of rotatable bonds is 8. The van der Waals surface area contributed by atoms with E-state index in [0.29, 0.717) is 12.1 Å². The van der Waals surface area contributed by atoms with E-state index >= 15 is 0 Å². The van der Waals surface area contributed by atoms with Gasteiger partial charge in [-0.2, -0.15) is 0 Å². The summed E-state index contributed by atoms with van der Waals surface area (Å²) in [7, 11) is 4.05. The molecule has 0 radical (unpaired) electrons. The molecule has 128 valence electrons. The van der Waals surface area contributed by atoms with Gasteiger partial charge in [0.2, 0.25) is 0 Å². The Bertz CT molecular complexity index is 626. The van der Waals surface area contributed by atoms with E-state index in [4.69, 9.17) is 0 Å². The second-order valence-corrected chi connectivity index (χ2v) is 5.90. The highest BCUT2D eigenvalue weighted by atomic mass is 16.1. The van der Waals surface area contributed by atoms with Crippen LogP contribution < -0.4 is 10.2 Å². The van der Waals surface area contributed by atoms with Gasteiger partial charge in [-0.15, -0.1) is 0 Å². The lowest BCUT2D eigenvalue weighted by Crippen LogP contribution is -2.27. The van der Waals surface area contributed by atoms with E-state index in [9.17, 15) is 4.79 Å². The molecule has 0 bridgehead atoms. The number of carbonyl (C=O) groups excluding carboxylic acids is 1. The fourth-order valence-electron chi connectivity index (χ4n) is 2.46. The van der Waals surface area contributed by atoms with Gasteiger partial charge in [0.1, 0.15) is 5.82 Å². The van der Waals surface area contributed by atoms with Gasteiger partial charge in [-0.3, -0.25) is 4.79 Å². The van der Waals surface area contributed by atoms with Crippen LogP contribution >= 0.6 is 0 Å². The standard InChI is InChI=1S/C19H26N4O/c1-4-23(17-9-6-5-7-10-17)18-12-11-16(15-21-18)19(24)20-13-8-14-22(2)3/h5-7,9-12,15H,4,8,13-14H2,1-3H3,(H,20,24). The molecule has 0 fully saturated rings. The van der Waals surface area contributed by atoms with Gasteiger partial charge in [0.25, 0.3) is 5.91 Å². The summed E-state index contributed by atoms with van der Waals surface area (Å²) in [5.41, 5.74) is 1.68. The van der Waals surface area contributed by atoms with Crippen LogP contribution in [0.15, 0.2) is 48.7 Å². The molecule has 0 saturated carbocycles. The number of hydrogen-bond acceptors (Lipinski definition) is 4. The van der Waals surface area contributed by atoms with Crippen LogP contribution in [-0.4, -0.2) is 49.5 Å². The van der Waals surface area contributed by atoms with Crippen LogP contribution in [0.2, 0.25) is 0 Å². The van der Waals surface area contributed by atoms with Crippen LogP contribution in [0.5, 0.6) is 0 Å². The maximum absolute atomic E-state index is 12.1. The van der Waals surface area contributed by atoms with Crippen molar-refractivity contribution in [2.24, 2.45) is 0 Å².